The molecule has 0 aliphatic heterocycles. The molecule has 0 saturated carbocycles. The number of nitro benzene ring substituents is 1. The first-order valence-electron chi connectivity index (χ1n) is 6.17. The van der Waals surface area contributed by atoms with Gasteiger partial charge in [0.15, 0.2) is 5.75 Å². The van der Waals surface area contributed by atoms with Gasteiger partial charge in [0.25, 0.3) is 0 Å². The van der Waals surface area contributed by atoms with Gasteiger partial charge in [-0.1, -0.05) is 0 Å². The summed E-state index contributed by atoms with van der Waals surface area (Å²) < 4.78 is 7.21. The summed E-state index contributed by atoms with van der Waals surface area (Å²) in [6.45, 7) is 2.64. The molecule has 1 aromatic carbocycles. The van der Waals surface area contributed by atoms with Crippen molar-refractivity contribution in [3.63, 3.8) is 0 Å². The Hall–Kier alpha value is -2.90. The third-order valence-corrected chi connectivity index (χ3v) is 2.90. The Morgan fingerprint density at radius 3 is 2.90 bits per heavy atom. The summed E-state index contributed by atoms with van der Waals surface area (Å²) in [5, 5.41) is 19.9. The van der Waals surface area contributed by atoms with Crippen molar-refractivity contribution in [3.8, 4) is 5.75 Å². The van der Waals surface area contributed by atoms with Crippen LogP contribution in [0.25, 0.3) is 0 Å². The third kappa shape index (κ3) is 3.16. The van der Waals surface area contributed by atoms with Crippen LogP contribution in [0.2, 0.25) is 0 Å². The molecular formula is C13H13N3O5. The lowest BCUT2D eigenvalue weighted by Gasteiger charge is -2.08. The smallest absolute Gasteiger partial charge is 0.335 e. The average Bonchev–Trinajstić information content (AvgIpc) is 2.91. The monoisotopic (exact) mass is 291 g/mol. The van der Waals surface area contributed by atoms with Gasteiger partial charge >= 0.3 is 11.7 Å². The van der Waals surface area contributed by atoms with Crippen molar-refractivity contribution in [3.05, 3.63) is 52.1 Å². The van der Waals surface area contributed by atoms with E-state index < -0.39 is 10.9 Å². The molecule has 1 N–H and O–H groups in total. The lowest BCUT2D eigenvalue weighted by atomic mass is 10.2. The highest BCUT2D eigenvalue weighted by molar-refractivity contribution is 5.88. The number of aromatic nitrogens is 2. The first kappa shape index (κ1) is 14.5. The van der Waals surface area contributed by atoms with Crippen LogP contribution < -0.4 is 4.74 Å². The molecule has 0 aliphatic rings. The van der Waals surface area contributed by atoms with Crippen LogP contribution in [0.15, 0.2) is 30.6 Å². The second kappa shape index (κ2) is 6.04. The summed E-state index contributed by atoms with van der Waals surface area (Å²) in [7, 11) is 0. The van der Waals surface area contributed by atoms with Gasteiger partial charge in [0, 0.05) is 31.1 Å². The molecule has 21 heavy (non-hydrogen) atoms. The highest BCUT2D eigenvalue weighted by Crippen LogP contribution is 2.28. The van der Waals surface area contributed by atoms with Crippen LogP contribution in [0, 0.1) is 10.1 Å². The number of ether oxygens (including phenoxy) is 1. The van der Waals surface area contributed by atoms with Crippen molar-refractivity contribution >= 4 is 11.7 Å². The van der Waals surface area contributed by atoms with Gasteiger partial charge in [0.2, 0.25) is 0 Å². The molecule has 0 fully saturated rings. The third-order valence-electron chi connectivity index (χ3n) is 2.90. The second-order valence-electron chi connectivity index (χ2n) is 4.16. The van der Waals surface area contributed by atoms with Crippen molar-refractivity contribution in [1.29, 1.82) is 0 Å². The number of nitro groups is 1. The molecular weight excluding hydrogens is 278 g/mol. The van der Waals surface area contributed by atoms with Gasteiger partial charge < -0.3 is 14.4 Å². The fourth-order valence-electron chi connectivity index (χ4n) is 1.82. The summed E-state index contributed by atoms with van der Waals surface area (Å²) in [6, 6.07) is 3.42. The minimum atomic E-state index is -1.18. The SMILES string of the molecule is CCn1ccnc1COc1cc(C(=O)O)ccc1[N+](=O)[O-]. The minimum absolute atomic E-state index is 0.0186. The first-order valence-corrected chi connectivity index (χ1v) is 6.17. The fraction of sp³-hybridized carbons (Fsp3) is 0.231. The molecule has 0 amide bonds. The van der Waals surface area contributed by atoms with Gasteiger partial charge in [0.05, 0.1) is 10.5 Å². The molecule has 0 saturated heterocycles. The van der Waals surface area contributed by atoms with E-state index in [0.717, 1.165) is 12.1 Å². The summed E-state index contributed by atoms with van der Waals surface area (Å²) in [4.78, 5) is 25.3. The number of aryl methyl sites for hydroxylation is 1. The van der Waals surface area contributed by atoms with E-state index in [0.29, 0.717) is 12.4 Å². The zero-order valence-corrected chi connectivity index (χ0v) is 11.2. The minimum Gasteiger partial charge on any atom is -0.479 e. The van der Waals surface area contributed by atoms with E-state index in [-0.39, 0.29) is 23.6 Å². The normalized spacial score (nSPS) is 10.3. The Bertz CT molecular complexity index is 680. The number of nitrogens with zero attached hydrogens (tertiary/aromatic N) is 3. The molecule has 8 nitrogen and oxygen atoms in total. The zero-order valence-electron chi connectivity index (χ0n) is 11.2. The number of rotatable bonds is 6. The predicted molar refractivity (Wildman–Crippen MR) is 72.3 cm³/mol. The van der Waals surface area contributed by atoms with Crippen molar-refractivity contribution < 1.29 is 19.6 Å². The zero-order chi connectivity index (χ0) is 15.4. The van der Waals surface area contributed by atoms with Crippen molar-refractivity contribution in [2.45, 2.75) is 20.1 Å². The topological polar surface area (TPSA) is 107 Å². The number of benzene rings is 1. The van der Waals surface area contributed by atoms with Crippen LogP contribution in [0.4, 0.5) is 5.69 Å². The van der Waals surface area contributed by atoms with Crippen molar-refractivity contribution in [2.24, 2.45) is 0 Å². The quantitative estimate of drug-likeness (QED) is 0.645. The number of carboxylic acid groups (broad SMARTS) is 1. The molecule has 0 spiro atoms. The summed E-state index contributed by atoms with van der Waals surface area (Å²) in [5.41, 5.74) is -0.357. The van der Waals surface area contributed by atoms with Gasteiger partial charge in [-0.2, -0.15) is 0 Å². The van der Waals surface area contributed by atoms with Gasteiger partial charge in [-0.05, 0) is 13.0 Å². The Balaban J connectivity index is 2.27. The van der Waals surface area contributed by atoms with Gasteiger partial charge in [-0.15, -0.1) is 0 Å². The Kier molecular flexibility index (Phi) is 4.17. The second-order valence-corrected chi connectivity index (χ2v) is 4.16. The van der Waals surface area contributed by atoms with Crippen LogP contribution in [-0.4, -0.2) is 25.6 Å². The van der Waals surface area contributed by atoms with Gasteiger partial charge in [-0.25, -0.2) is 9.78 Å². The Labute approximate surface area is 119 Å². The van der Waals surface area contributed by atoms with Crippen LogP contribution in [0.3, 0.4) is 0 Å². The maximum Gasteiger partial charge on any atom is 0.335 e. The number of hydrogen-bond donors (Lipinski definition) is 1. The van der Waals surface area contributed by atoms with Gasteiger partial charge in [-0.3, -0.25) is 10.1 Å². The fourth-order valence-corrected chi connectivity index (χ4v) is 1.82. The highest BCUT2D eigenvalue weighted by Gasteiger charge is 2.18. The average molecular weight is 291 g/mol. The summed E-state index contributed by atoms with van der Waals surface area (Å²) in [5.74, 6) is -0.664. The van der Waals surface area contributed by atoms with Crippen molar-refractivity contribution in [1.82, 2.24) is 9.55 Å². The summed E-state index contributed by atoms with van der Waals surface area (Å²) >= 11 is 0. The van der Waals surface area contributed by atoms with E-state index in [4.69, 9.17) is 9.84 Å². The molecule has 0 aliphatic carbocycles. The molecule has 2 aromatic rings. The van der Waals surface area contributed by atoms with E-state index in [2.05, 4.69) is 4.98 Å². The number of hydrogen-bond acceptors (Lipinski definition) is 5. The molecule has 0 unspecified atom stereocenters. The largest absolute Gasteiger partial charge is 0.479 e. The van der Waals surface area contributed by atoms with Crippen LogP contribution in [-0.2, 0) is 13.2 Å². The highest BCUT2D eigenvalue weighted by atomic mass is 16.6. The lowest BCUT2D eigenvalue weighted by molar-refractivity contribution is -0.386. The van der Waals surface area contributed by atoms with Crippen molar-refractivity contribution in [2.75, 3.05) is 0 Å². The first-order chi connectivity index (χ1) is 10.0. The molecule has 0 radical (unpaired) electrons. The molecule has 2 rings (SSSR count). The molecule has 1 aromatic heterocycles. The standard InChI is InChI=1S/C13H13N3O5/c1-2-15-6-5-14-12(15)8-21-11-7-9(13(17)18)3-4-10(11)16(19)20/h3-7H,2,8H2,1H3,(H,17,18). The van der Waals surface area contributed by atoms with Crippen LogP contribution >= 0.6 is 0 Å². The number of aromatic carboxylic acids is 1. The number of imidazole rings is 1. The molecule has 1 heterocycles. The maximum absolute atomic E-state index is 10.9. The van der Waals surface area contributed by atoms with Gasteiger partial charge in [0.1, 0.15) is 12.4 Å². The van der Waals surface area contributed by atoms with E-state index in [1.807, 2.05) is 11.5 Å². The lowest BCUT2D eigenvalue weighted by Crippen LogP contribution is -2.07. The van der Waals surface area contributed by atoms with E-state index in [1.165, 1.54) is 6.07 Å². The molecule has 110 valence electrons. The summed E-state index contributed by atoms with van der Waals surface area (Å²) in [6.07, 6.45) is 3.37. The van der Waals surface area contributed by atoms with Crippen LogP contribution in [0.5, 0.6) is 5.75 Å². The Morgan fingerprint density at radius 1 is 1.52 bits per heavy atom. The van der Waals surface area contributed by atoms with E-state index in [1.54, 1.807) is 12.4 Å². The van der Waals surface area contributed by atoms with E-state index in [9.17, 15) is 14.9 Å². The molecule has 0 atom stereocenters. The number of carboxylic acids is 1. The van der Waals surface area contributed by atoms with E-state index >= 15 is 0 Å². The molecule has 0 bridgehead atoms. The predicted octanol–water partition coefficient (Wildman–Crippen LogP) is 2.09. The number of carbonyl (C=O) groups is 1. The maximum atomic E-state index is 10.9. The molecule has 8 heteroatoms. The Morgan fingerprint density at radius 2 is 2.29 bits per heavy atom. The van der Waals surface area contributed by atoms with Crippen LogP contribution in [0.1, 0.15) is 23.1 Å².